The quantitative estimate of drug-likeness (QED) is 0.538. The molecule has 5 rings (SSSR count). The number of hydrogen-bond donors (Lipinski definition) is 0. The highest BCUT2D eigenvalue weighted by Gasteiger charge is 2.35. The molecule has 1 unspecified atom stereocenters. The van der Waals surface area contributed by atoms with Crippen molar-refractivity contribution < 1.29 is 23.9 Å². The molecular formula is C24H21N3O5S. The minimum Gasteiger partial charge on any atom is -0.482 e. The highest BCUT2D eigenvalue weighted by atomic mass is 32.1. The molecule has 0 N–H and O–H groups in total. The van der Waals surface area contributed by atoms with Crippen LogP contribution in [0.1, 0.15) is 24.2 Å². The highest BCUT2D eigenvalue weighted by Crippen LogP contribution is 2.38. The largest absolute Gasteiger partial charge is 0.482 e. The number of ketones is 1. The first kappa shape index (κ1) is 21.1. The highest BCUT2D eigenvalue weighted by molar-refractivity contribution is 7.07. The second-order valence-corrected chi connectivity index (χ2v) is 8.48. The number of hydrogen-bond acceptors (Lipinski definition) is 7. The Bertz CT molecular complexity index is 1260. The van der Waals surface area contributed by atoms with Crippen LogP contribution >= 0.6 is 11.3 Å². The summed E-state index contributed by atoms with van der Waals surface area (Å²) in [4.78, 5) is 46.0. The fourth-order valence-electron chi connectivity index (χ4n) is 4.17. The van der Waals surface area contributed by atoms with Gasteiger partial charge >= 0.3 is 0 Å². The van der Waals surface area contributed by atoms with E-state index >= 15 is 0 Å². The van der Waals surface area contributed by atoms with Gasteiger partial charge in [0, 0.05) is 23.1 Å². The molecule has 8 nitrogen and oxygen atoms in total. The van der Waals surface area contributed by atoms with Crippen molar-refractivity contribution in [2.45, 2.75) is 19.9 Å². The maximum atomic E-state index is 13.5. The van der Waals surface area contributed by atoms with E-state index in [4.69, 9.17) is 9.47 Å². The van der Waals surface area contributed by atoms with Crippen LogP contribution in [-0.4, -0.2) is 48.4 Å². The number of benzene rings is 2. The van der Waals surface area contributed by atoms with E-state index < -0.39 is 6.04 Å². The smallest absolute Gasteiger partial charge is 0.265 e. The summed E-state index contributed by atoms with van der Waals surface area (Å²) in [6.07, 6.45) is 0. The van der Waals surface area contributed by atoms with Crippen molar-refractivity contribution in [3.8, 4) is 22.8 Å². The molecule has 2 aliphatic rings. The minimum absolute atomic E-state index is 0.0229. The number of thiazole rings is 1. The van der Waals surface area contributed by atoms with Crippen LogP contribution in [0.5, 0.6) is 11.5 Å². The van der Waals surface area contributed by atoms with Gasteiger partial charge in [0.25, 0.3) is 11.8 Å². The van der Waals surface area contributed by atoms with Crippen LogP contribution in [0.15, 0.2) is 47.3 Å². The molecule has 0 saturated heterocycles. The summed E-state index contributed by atoms with van der Waals surface area (Å²) < 4.78 is 11.1. The summed E-state index contributed by atoms with van der Waals surface area (Å²) in [6.45, 7) is 3.87. The molecule has 0 spiro atoms. The Labute approximate surface area is 194 Å². The van der Waals surface area contributed by atoms with Crippen LogP contribution < -0.4 is 19.3 Å². The summed E-state index contributed by atoms with van der Waals surface area (Å²) in [5.74, 6) is 0.392. The second-order valence-electron chi connectivity index (χ2n) is 7.76. The predicted molar refractivity (Wildman–Crippen MR) is 124 cm³/mol. The Hall–Kier alpha value is -3.72. The van der Waals surface area contributed by atoms with Gasteiger partial charge in [-0.25, -0.2) is 4.98 Å². The molecule has 33 heavy (non-hydrogen) atoms. The summed E-state index contributed by atoms with van der Waals surface area (Å²) in [6, 6.07) is 9.74. The Morgan fingerprint density at radius 2 is 1.79 bits per heavy atom. The maximum Gasteiger partial charge on any atom is 0.265 e. The fraction of sp³-hybridized carbons (Fsp3) is 0.250. The third-order valence-electron chi connectivity index (χ3n) is 5.84. The molecule has 2 aromatic carbocycles. The lowest BCUT2D eigenvalue weighted by molar-refractivity contribution is -0.122. The van der Waals surface area contributed by atoms with E-state index in [0.29, 0.717) is 35.0 Å². The topological polar surface area (TPSA) is 89.0 Å². The number of fused-ring (bicyclic) bond motifs is 2. The standard InChI is InChI=1S/C24H21N3O5S/c1-3-26-18-9-16(5-7-20(18)31-10-22(26)28)24(30)14(2)27-19-8-15(17-12-33-13-25-17)4-6-21(19)32-11-23(27)29/h4-9,12-14H,3,10-11H2,1-2H3. The van der Waals surface area contributed by atoms with Gasteiger partial charge in [-0.05, 0) is 50.2 Å². The molecule has 3 aromatic rings. The number of ether oxygens (including phenoxy) is 2. The molecule has 0 saturated carbocycles. The van der Waals surface area contributed by atoms with Crippen molar-refractivity contribution >= 4 is 40.3 Å². The van der Waals surface area contributed by atoms with Crippen LogP contribution in [0.25, 0.3) is 11.3 Å². The number of rotatable bonds is 5. The lowest BCUT2D eigenvalue weighted by Gasteiger charge is -2.34. The van der Waals surface area contributed by atoms with Gasteiger partial charge in [-0.2, -0.15) is 0 Å². The first-order valence-electron chi connectivity index (χ1n) is 10.6. The average molecular weight is 464 g/mol. The molecule has 1 atom stereocenters. The van der Waals surface area contributed by atoms with E-state index in [0.717, 1.165) is 11.3 Å². The molecule has 0 radical (unpaired) electrons. The monoisotopic (exact) mass is 463 g/mol. The van der Waals surface area contributed by atoms with E-state index in [9.17, 15) is 14.4 Å². The van der Waals surface area contributed by atoms with Gasteiger partial charge < -0.3 is 14.4 Å². The molecule has 3 heterocycles. The van der Waals surface area contributed by atoms with Crippen molar-refractivity contribution in [1.29, 1.82) is 0 Å². The van der Waals surface area contributed by atoms with Gasteiger partial charge in [-0.15, -0.1) is 11.3 Å². The SMILES string of the molecule is CCN1C(=O)COc2ccc(C(=O)C(C)N3C(=O)COc4ccc(-c5cscn5)cc43)cc21. The van der Waals surface area contributed by atoms with Gasteiger partial charge in [0.15, 0.2) is 19.0 Å². The van der Waals surface area contributed by atoms with Crippen molar-refractivity contribution in [2.24, 2.45) is 0 Å². The Balaban J connectivity index is 1.50. The Morgan fingerprint density at radius 1 is 1.06 bits per heavy atom. The van der Waals surface area contributed by atoms with Crippen molar-refractivity contribution in [1.82, 2.24) is 4.98 Å². The van der Waals surface area contributed by atoms with Gasteiger partial charge in [-0.1, -0.05) is 0 Å². The Kier molecular flexibility index (Phi) is 5.33. The molecule has 0 fully saturated rings. The number of amides is 2. The van der Waals surface area contributed by atoms with Gasteiger partial charge in [0.1, 0.15) is 11.5 Å². The van der Waals surface area contributed by atoms with Gasteiger partial charge in [-0.3, -0.25) is 19.3 Å². The first-order valence-corrected chi connectivity index (χ1v) is 11.5. The number of aromatic nitrogens is 1. The normalized spacial score (nSPS) is 15.9. The van der Waals surface area contributed by atoms with E-state index in [-0.39, 0.29) is 30.8 Å². The lowest BCUT2D eigenvalue weighted by atomic mass is 10.0. The van der Waals surface area contributed by atoms with Gasteiger partial charge in [0.2, 0.25) is 0 Å². The van der Waals surface area contributed by atoms with Crippen molar-refractivity contribution in [3.05, 3.63) is 52.9 Å². The maximum absolute atomic E-state index is 13.5. The number of anilines is 2. The molecule has 0 aliphatic carbocycles. The zero-order valence-corrected chi connectivity index (χ0v) is 18.9. The molecular weight excluding hydrogens is 442 g/mol. The summed E-state index contributed by atoms with van der Waals surface area (Å²) >= 11 is 1.48. The average Bonchev–Trinajstić information content (AvgIpc) is 3.37. The van der Waals surface area contributed by atoms with E-state index in [1.165, 1.54) is 16.2 Å². The third-order valence-corrected chi connectivity index (χ3v) is 6.42. The summed E-state index contributed by atoms with van der Waals surface area (Å²) in [5, 5.41) is 1.92. The van der Waals surface area contributed by atoms with E-state index in [2.05, 4.69) is 4.98 Å². The summed E-state index contributed by atoms with van der Waals surface area (Å²) in [7, 11) is 0. The first-order chi connectivity index (χ1) is 16.0. The molecule has 0 bridgehead atoms. The number of Topliss-reactive ketones (excluding diaryl/α,β-unsaturated/α-hetero) is 1. The van der Waals surface area contributed by atoms with Crippen molar-refractivity contribution in [3.63, 3.8) is 0 Å². The fourth-order valence-corrected chi connectivity index (χ4v) is 4.73. The second kappa shape index (κ2) is 8.32. The van der Waals surface area contributed by atoms with Crippen LogP contribution in [0.2, 0.25) is 0 Å². The molecule has 2 aliphatic heterocycles. The zero-order chi connectivity index (χ0) is 23.1. The zero-order valence-electron chi connectivity index (χ0n) is 18.1. The molecule has 168 valence electrons. The van der Waals surface area contributed by atoms with E-state index in [1.54, 1.807) is 41.6 Å². The molecule has 2 amide bonds. The Morgan fingerprint density at radius 3 is 2.52 bits per heavy atom. The van der Waals surface area contributed by atoms with Crippen LogP contribution in [0, 0.1) is 0 Å². The van der Waals surface area contributed by atoms with Crippen molar-refractivity contribution in [2.75, 3.05) is 29.6 Å². The number of nitrogens with zero attached hydrogens (tertiary/aromatic N) is 3. The molecule has 9 heteroatoms. The van der Waals surface area contributed by atoms with Gasteiger partial charge in [0.05, 0.1) is 28.6 Å². The summed E-state index contributed by atoms with van der Waals surface area (Å²) in [5.41, 5.74) is 4.86. The number of likely N-dealkylation sites (N-methyl/N-ethyl adjacent to an activating group) is 1. The third kappa shape index (κ3) is 3.64. The number of carbonyl (C=O) groups is 3. The van der Waals surface area contributed by atoms with Crippen LogP contribution in [0.4, 0.5) is 11.4 Å². The van der Waals surface area contributed by atoms with E-state index in [1.807, 2.05) is 24.4 Å². The number of carbonyl (C=O) groups excluding carboxylic acids is 3. The lowest BCUT2D eigenvalue weighted by Crippen LogP contribution is -2.48. The minimum atomic E-state index is -0.779. The van der Waals surface area contributed by atoms with Crippen LogP contribution in [0.3, 0.4) is 0 Å². The predicted octanol–water partition coefficient (Wildman–Crippen LogP) is 3.55. The molecule has 1 aromatic heterocycles. The van der Waals surface area contributed by atoms with Crippen LogP contribution in [-0.2, 0) is 9.59 Å².